The fourth-order valence-electron chi connectivity index (χ4n) is 4.71. The van der Waals surface area contributed by atoms with Crippen LogP contribution >= 0.6 is 0 Å². The van der Waals surface area contributed by atoms with Crippen molar-refractivity contribution < 1.29 is 0 Å². The van der Waals surface area contributed by atoms with Crippen molar-refractivity contribution in [2.45, 2.75) is 25.4 Å². The van der Waals surface area contributed by atoms with Gasteiger partial charge in [-0.2, -0.15) is 0 Å². The minimum atomic E-state index is 0.402. The molecule has 0 spiro atoms. The molecule has 0 radical (unpaired) electrons. The molecule has 1 aliphatic heterocycles. The number of rotatable bonds is 6. The predicted molar refractivity (Wildman–Crippen MR) is 131 cm³/mol. The zero-order chi connectivity index (χ0) is 22.0. The maximum absolute atomic E-state index is 4.88. The van der Waals surface area contributed by atoms with Crippen molar-refractivity contribution in [1.29, 1.82) is 0 Å². The van der Waals surface area contributed by atoms with Gasteiger partial charge in [0, 0.05) is 43.7 Å². The SMILES string of the molecule is c1ccc(CN2CCC(Nc3ccc4ncc(Cc5ccc6ncccc6c5)n4n3)C2)cc1. The summed E-state index contributed by atoms with van der Waals surface area (Å²) in [6.45, 7) is 3.12. The molecule has 4 heterocycles. The zero-order valence-electron chi connectivity index (χ0n) is 18.4. The Morgan fingerprint density at radius 2 is 1.85 bits per heavy atom. The number of nitrogens with zero attached hydrogens (tertiary/aromatic N) is 5. The number of imidazole rings is 1. The van der Waals surface area contributed by atoms with Gasteiger partial charge in [-0.3, -0.25) is 9.88 Å². The van der Waals surface area contributed by atoms with E-state index >= 15 is 0 Å². The average Bonchev–Trinajstić information content (AvgIpc) is 3.46. The van der Waals surface area contributed by atoms with Crippen LogP contribution in [-0.4, -0.2) is 43.6 Å². The maximum atomic E-state index is 4.88. The van der Waals surface area contributed by atoms with Gasteiger partial charge in [0.25, 0.3) is 0 Å². The molecular weight excluding hydrogens is 408 g/mol. The fourth-order valence-corrected chi connectivity index (χ4v) is 4.71. The second-order valence-corrected chi connectivity index (χ2v) is 8.80. The molecule has 0 bridgehead atoms. The lowest BCUT2D eigenvalue weighted by atomic mass is 10.1. The first-order valence-electron chi connectivity index (χ1n) is 11.5. The molecule has 5 aromatic rings. The van der Waals surface area contributed by atoms with Crippen LogP contribution in [0.1, 0.15) is 23.2 Å². The average molecular weight is 435 g/mol. The number of nitrogens with one attached hydrogen (secondary N) is 1. The van der Waals surface area contributed by atoms with Crippen molar-refractivity contribution in [3.8, 4) is 0 Å². The molecule has 1 saturated heterocycles. The summed E-state index contributed by atoms with van der Waals surface area (Å²) in [5, 5.41) is 9.68. The molecule has 6 rings (SSSR count). The predicted octanol–water partition coefficient (Wildman–Crippen LogP) is 4.55. The third-order valence-corrected chi connectivity index (χ3v) is 6.36. The van der Waals surface area contributed by atoms with E-state index in [9.17, 15) is 0 Å². The second-order valence-electron chi connectivity index (χ2n) is 8.80. The van der Waals surface area contributed by atoms with E-state index in [0.717, 1.165) is 60.5 Å². The number of hydrogen-bond donors (Lipinski definition) is 1. The molecule has 1 N–H and O–H groups in total. The van der Waals surface area contributed by atoms with E-state index in [2.05, 4.69) is 74.8 Å². The van der Waals surface area contributed by atoms with Gasteiger partial charge in [-0.1, -0.05) is 42.5 Å². The molecule has 1 fully saturated rings. The van der Waals surface area contributed by atoms with E-state index in [4.69, 9.17) is 5.10 Å². The summed E-state index contributed by atoms with van der Waals surface area (Å²) in [4.78, 5) is 11.5. The van der Waals surface area contributed by atoms with Crippen molar-refractivity contribution in [2.75, 3.05) is 18.4 Å². The third kappa shape index (κ3) is 4.30. The van der Waals surface area contributed by atoms with E-state index in [1.165, 1.54) is 11.1 Å². The van der Waals surface area contributed by atoms with E-state index < -0.39 is 0 Å². The van der Waals surface area contributed by atoms with Crippen LogP contribution < -0.4 is 5.32 Å². The number of likely N-dealkylation sites (tertiary alicyclic amines) is 1. The fraction of sp³-hybridized carbons (Fsp3) is 0.222. The molecule has 1 unspecified atom stereocenters. The molecule has 164 valence electrons. The van der Waals surface area contributed by atoms with Crippen LogP contribution in [0.3, 0.4) is 0 Å². The number of anilines is 1. The van der Waals surface area contributed by atoms with Gasteiger partial charge in [0.05, 0.1) is 17.4 Å². The Balaban J connectivity index is 1.16. The lowest BCUT2D eigenvalue weighted by molar-refractivity contribution is 0.328. The van der Waals surface area contributed by atoms with E-state index in [1.807, 2.05) is 35.1 Å². The molecule has 0 saturated carbocycles. The summed E-state index contributed by atoms with van der Waals surface area (Å²) in [6, 6.07) is 25.7. The van der Waals surface area contributed by atoms with Crippen LogP contribution in [0.4, 0.5) is 5.82 Å². The standard InChI is InChI=1S/C27H26N6/c1-2-5-20(6-3-1)18-32-14-12-23(19-32)30-26-10-11-27-29-17-24(33(27)31-26)16-21-8-9-25-22(15-21)7-4-13-28-25/h1-11,13,15,17,23H,12,14,16,18-19H2,(H,30,31). The molecular formula is C27H26N6. The monoisotopic (exact) mass is 434 g/mol. The van der Waals surface area contributed by atoms with Gasteiger partial charge in [-0.25, -0.2) is 9.50 Å². The first kappa shape index (κ1) is 19.9. The number of hydrogen-bond acceptors (Lipinski definition) is 5. The summed E-state index contributed by atoms with van der Waals surface area (Å²) in [5.74, 6) is 0.899. The quantitative estimate of drug-likeness (QED) is 0.425. The van der Waals surface area contributed by atoms with Crippen molar-refractivity contribution in [3.05, 3.63) is 102 Å². The lowest BCUT2D eigenvalue weighted by Gasteiger charge is -2.17. The highest BCUT2D eigenvalue weighted by molar-refractivity contribution is 5.79. The van der Waals surface area contributed by atoms with Crippen molar-refractivity contribution in [2.24, 2.45) is 0 Å². The zero-order valence-corrected chi connectivity index (χ0v) is 18.4. The molecule has 0 amide bonds. The molecule has 2 aromatic carbocycles. The second kappa shape index (κ2) is 8.64. The number of aromatic nitrogens is 4. The smallest absolute Gasteiger partial charge is 0.153 e. The highest BCUT2D eigenvalue weighted by Crippen LogP contribution is 2.20. The number of benzene rings is 2. The van der Waals surface area contributed by atoms with Gasteiger partial charge >= 0.3 is 0 Å². The first-order chi connectivity index (χ1) is 16.3. The molecule has 6 heteroatoms. The van der Waals surface area contributed by atoms with E-state index in [-0.39, 0.29) is 0 Å². The van der Waals surface area contributed by atoms with E-state index in [1.54, 1.807) is 0 Å². The largest absolute Gasteiger partial charge is 0.365 e. The molecule has 3 aromatic heterocycles. The highest BCUT2D eigenvalue weighted by Gasteiger charge is 2.22. The Hall–Kier alpha value is -3.77. The normalized spacial score (nSPS) is 16.5. The summed E-state index contributed by atoms with van der Waals surface area (Å²) in [5.41, 5.74) is 5.56. The molecule has 1 aliphatic rings. The van der Waals surface area contributed by atoms with Crippen LogP contribution in [0.25, 0.3) is 16.6 Å². The van der Waals surface area contributed by atoms with Crippen LogP contribution in [0.2, 0.25) is 0 Å². The summed E-state index contributed by atoms with van der Waals surface area (Å²) in [6.07, 6.45) is 5.65. The summed E-state index contributed by atoms with van der Waals surface area (Å²) >= 11 is 0. The van der Waals surface area contributed by atoms with Gasteiger partial charge in [-0.15, -0.1) is 5.10 Å². The number of fused-ring (bicyclic) bond motifs is 2. The Labute approximate surface area is 192 Å². The Kier molecular flexibility index (Phi) is 5.20. The van der Waals surface area contributed by atoms with Crippen LogP contribution in [0.15, 0.2) is 85.2 Å². The summed E-state index contributed by atoms with van der Waals surface area (Å²) in [7, 11) is 0. The van der Waals surface area contributed by atoms with Gasteiger partial charge in [0.15, 0.2) is 5.65 Å². The summed E-state index contributed by atoms with van der Waals surface area (Å²) < 4.78 is 1.96. The first-order valence-corrected chi connectivity index (χ1v) is 11.5. The molecule has 6 nitrogen and oxygen atoms in total. The minimum Gasteiger partial charge on any atom is -0.365 e. The number of pyridine rings is 1. The van der Waals surface area contributed by atoms with Gasteiger partial charge in [0.2, 0.25) is 0 Å². The van der Waals surface area contributed by atoms with Gasteiger partial charge in [0.1, 0.15) is 5.82 Å². The Morgan fingerprint density at radius 3 is 2.79 bits per heavy atom. The van der Waals surface area contributed by atoms with Crippen LogP contribution in [0, 0.1) is 0 Å². The Bertz CT molecular complexity index is 1390. The molecule has 0 aliphatic carbocycles. The molecule has 1 atom stereocenters. The van der Waals surface area contributed by atoms with Crippen LogP contribution in [-0.2, 0) is 13.0 Å². The Morgan fingerprint density at radius 1 is 0.909 bits per heavy atom. The maximum Gasteiger partial charge on any atom is 0.153 e. The van der Waals surface area contributed by atoms with Crippen molar-refractivity contribution in [1.82, 2.24) is 24.5 Å². The van der Waals surface area contributed by atoms with Crippen molar-refractivity contribution in [3.63, 3.8) is 0 Å². The third-order valence-electron chi connectivity index (χ3n) is 6.36. The topological polar surface area (TPSA) is 58.3 Å². The van der Waals surface area contributed by atoms with Gasteiger partial charge in [-0.05, 0) is 47.9 Å². The minimum absolute atomic E-state index is 0.402. The highest BCUT2D eigenvalue weighted by atomic mass is 15.3. The molecule has 33 heavy (non-hydrogen) atoms. The van der Waals surface area contributed by atoms with E-state index in [0.29, 0.717) is 6.04 Å². The lowest BCUT2D eigenvalue weighted by Crippen LogP contribution is -2.26. The van der Waals surface area contributed by atoms with Gasteiger partial charge < -0.3 is 5.32 Å². The van der Waals surface area contributed by atoms with Crippen molar-refractivity contribution >= 4 is 22.4 Å². The van der Waals surface area contributed by atoms with Crippen LogP contribution in [0.5, 0.6) is 0 Å².